The van der Waals surface area contributed by atoms with Gasteiger partial charge in [-0.3, -0.25) is 19.4 Å². The van der Waals surface area contributed by atoms with Crippen molar-refractivity contribution in [2.45, 2.75) is 54.0 Å². The lowest BCUT2D eigenvalue weighted by Gasteiger charge is -2.33. The summed E-state index contributed by atoms with van der Waals surface area (Å²) in [4.78, 5) is 44.7. The zero-order valence-corrected chi connectivity index (χ0v) is 18.2. The molecule has 2 aliphatic rings. The zero-order chi connectivity index (χ0) is 21.6. The van der Waals surface area contributed by atoms with Crippen LogP contribution in [0.15, 0.2) is 4.99 Å². The Morgan fingerprint density at radius 3 is 2.38 bits per heavy atom. The molecule has 0 radical (unpaired) electrons. The van der Waals surface area contributed by atoms with Gasteiger partial charge in [0.25, 0.3) is 5.91 Å². The van der Waals surface area contributed by atoms with Gasteiger partial charge in [0.2, 0.25) is 11.9 Å². The van der Waals surface area contributed by atoms with Crippen LogP contribution in [0.4, 0.5) is 4.79 Å². The van der Waals surface area contributed by atoms with Crippen molar-refractivity contribution in [3.05, 3.63) is 17.0 Å². The topological polar surface area (TPSA) is 90.9 Å². The number of ketones is 1. The number of carbonyl (C=O) groups is 3. The van der Waals surface area contributed by atoms with Crippen LogP contribution in [-0.2, 0) is 9.59 Å². The molecule has 3 rings (SSSR count). The number of carbonyl (C=O) groups excluding carboxylic acids is 3. The molecule has 0 saturated carbocycles. The molecule has 0 N–H and O–H groups in total. The molecule has 1 aromatic rings. The van der Waals surface area contributed by atoms with E-state index in [1.54, 1.807) is 11.7 Å². The van der Waals surface area contributed by atoms with E-state index in [1.807, 2.05) is 25.3 Å². The standard InChI is InChI=1S/C20H29N6O3/c1-11(2)8-9-24-16-17(21-19(24)26-15(6)13(4)14(5)22-26)23(7)20(29)25(18(16)28)10-12(3)27/h11,16H,8-10H2,1-7H3/q+1. The van der Waals surface area contributed by atoms with Crippen molar-refractivity contribution in [1.29, 1.82) is 0 Å². The number of hydrogen-bond acceptors (Lipinski definition) is 5. The summed E-state index contributed by atoms with van der Waals surface area (Å²) in [6.45, 7) is 11.8. The van der Waals surface area contributed by atoms with Gasteiger partial charge in [-0.1, -0.05) is 18.8 Å². The van der Waals surface area contributed by atoms with Gasteiger partial charge in [-0.2, -0.15) is 0 Å². The van der Waals surface area contributed by atoms with E-state index < -0.39 is 18.0 Å². The minimum Gasteiger partial charge on any atom is -0.298 e. The molecule has 1 saturated heterocycles. The molecule has 0 aliphatic carbocycles. The summed E-state index contributed by atoms with van der Waals surface area (Å²) < 4.78 is 3.66. The molecule has 9 nitrogen and oxygen atoms in total. The number of urea groups is 1. The Morgan fingerprint density at radius 2 is 1.86 bits per heavy atom. The largest absolute Gasteiger partial charge is 0.421 e. The van der Waals surface area contributed by atoms with Crippen LogP contribution in [0.5, 0.6) is 0 Å². The zero-order valence-electron chi connectivity index (χ0n) is 18.2. The van der Waals surface area contributed by atoms with E-state index in [1.165, 1.54) is 11.8 Å². The third-order valence-corrected chi connectivity index (χ3v) is 5.56. The minimum absolute atomic E-state index is 0.238. The molecule has 0 aromatic carbocycles. The molecular formula is C20H29N6O3+. The van der Waals surface area contributed by atoms with E-state index >= 15 is 0 Å². The predicted octanol–water partition coefficient (Wildman–Crippen LogP) is 1.33. The molecular weight excluding hydrogens is 372 g/mol. The average Bonchev–Trinajstić information content (AvgIpc) is 3.14. The average molecular weight is 401 g/mol. The van der Waals surface area contributed by atoms with Gasteiger partial charge in [-0.15, -0.1) is 9.78 Å². The van der Waals surface area contributed by atoms with Crippen molar-refractivity contribution in [3.8, 4) is 0 Å². The molecule has 3 amide bonds. The number of amidine groups is 1. The van der Waals surface area contributed by atoms with Crippen LogP contribution in [0, 0.1) is 26.7 Å². The van der Waals surface area contributed by atoms with E-state index in [0.29, 0.717) is 24.3 Å². The van der Waals surface area contributed by atoms with Crippen molar-refractivity contribution >= 4 is 29.5 Å². The maximum atomic E-state index is 13.2. The van der Waals surface area contributed by atoms with E-state index in [-0.39, 0.29) is 12.3 Å². The summed E-state index contributed by atoms with van der Waals surface area (Å²) in [5, 5.41) is 4.61. The van der Waals surface area contributed by atoms with Crippen LogP contribution in [0.1, 0.15) is 44.1 Å². The second-order valence-corrected chi connectivity index (χ2v) is 8.22. The van der Waals surface area contributed by atoms with Gasteiger partial charge in [-0.25, -0.2) is 9.37 Å². The third-order valence-electron chi connectivity index (χ3n) is 5.56. The number of Topliss-reactive ketones (excluding diaryl/α,β-unsaturated/α-hetero) is 1. The van der Waals surface area contributed by atoms with Gasteiger partial charge in [0.05, 0.1) is 18.8 Å². The molecule has 3 heterocycles. The monoisotopic (exact) mass is 401 g/mol. The molecule has 0 bridgehead atoms. The molecule has 2 aliphatic heterocycles. The second-order valence-electron chi connectivity index (χ2n) is 8.22. The van der Waals surface area contributed by atoms with Crippen molar-refractivity contribution in [2.24, 2.45) is 10.9 Å². The van der Waals surface area contributed by atoms with Crippen LogP contribution in [-0.4, -0.2) is 79.9 Å². The summed E-state index contributed by atoms with van der Waals surface area (Å²) in [5.74, 6) is 0.680. The summed E-state index contributed by atoms with van der Waals surface area (Å²) in [6.07, 6.45) is 0.846. The smallest absolute Gasteiger partial charge is 0.298 e. The van der Waals surface area contributed by atoms with Crippen molar-refractivity contribution in [3.63, 3.8) is 0 Å². The Labute approximate surface area is 170 Å². The highest BCUT2D eigenvalue weighted by Gasteiger charge is 2.53. The van der Waals surface area contributed by atoms with E-state index in [2.05, 4.69) is 23.9 Å². The lowest BCUT2D eigenvalue weighted by Crippen LogP contribution is -2.63. The molecule has 1 fully saturated rings. The molecule has 29 heavy (non-hydrogen) atoms. The predicted molar refractivity (Wildman–Crippen MR) is 108 cm³/mol. The Balaban J connectivity index is 2.14. The number of likely N-dealkylation sites (N-methyl/N-ethyl adjacent to an activating group) is 1. The van der Waals surface area contributed by atoms with E-state index in [4.69, 9.17) is 0 Å². The highest BCUT2D eigenvalue weighted by atomic mass is 16.2. The summed E-state index contributed by atoms with van der Waals surface area (Å²) in [7, 11) is 1.59. The fourth-order valence-electron chi connectivity index (χ4n) is 3.58. The summed E-state index contributed by atoms with van der Waals surface area (Å²) in [6, 6.07) is -1.27. The number of amides is 3. The van der Waals surface area contributed by atoms with Crippen LogP contribution < -0.4 is 0 Å². The lowest BCUT2D eigenvalue weighted by atomic mass is 10.1. The third kappa shape index (κ3) is 3.49. The van der Waals surface area contributed by atoms with Gasteiger partial charge in [0.1, 0.15) is 11.5 Å². The van der Waals surface area contributed by atoms with Gasteiger partial charge in [-0.05, 0) is 40.0 Å². The van der Waals surface area contributed by atoms with Gasteiger partial charge >= 0.3 is 12.0 Å². The second kappa shape index (κ2) is 7.53. The first-order chi connectivity index (χ1) is 13.5. The number of hydrogen-bond donors (Lipinski definition) is 0. The Morgan fingerprint density at radius 1 is 1.21 bits per heavy atom. The fourth-order valence-corrected chi connectivity index (χ4v) is 3.58. The number of aliphatic imine (C=N–C) groups is 1. The van der Waals surface area contributed by atoms with E-state index in [9.17, 15) is 14.4 Å². The number of aryl methyl sites for hydroxylation is 1. The highest BCUT2D eigenvalue weighted by molar-refractivity contribution is 6.23. The van der Waals surface area contributed by atoms with Gasteiger partial charge < -0.3 is 0 Å². The van der Waals surface area contributed by atoms with Crippen molar-refractivity contribution in [2.75, 3.05) is 20.1 Å². The summed E-state index contributed by atoms with van der Waals surface area (Å²) >= 11 is 0. The number of imide groups is 1. The number of fused-ring (bicyclic) bond motifs is 1. The SMILES string of the molecule is CC(=O)CN1C(=O)C2C(=NC(n3nc(C)c(C)c3C)=[N+]2CCC(C)C)N(C)C1=O. The Kier molecular flexibility index (Phi) is 5.42. The molecule has 0 spiro atoms. The Hall–Kier alpha value is -2.84. The highest BCUT2D eigenvalue weighted by Crippen LogP contribution is 2.22. The molecule has 1 atom stereocenters. The maximum absolute atomic E-state index is 13.2. The first-order valence-corrected chi connectivity index (χ1v) is 9.88. The maximum Gasteiger partial charge on any atom is 0.421 e. The van der Waals surface area contributed by atoms with Crippen LogP contribution in [0.3, 0.4) is 0 Å². The Bertz CT molecular complexity index is 956. The normalized spacial score (nSPS) is 19.4. The number of rotatable bonds is 5. The number of aromatic nitrogens is 2. The quantitative estimate of drug-likeness (QED) is 0.696. The van der Waals surface area contributed by atoms with E-state index in [0.717, 1.165) is 28.3 Å². The van der Waals surface area contributed by atoms with Gasteiger partial charge in [0.15, 0.2) is 0 Å². The van der Waals surface area contributed by atoms with Gasteiger partial charge in [0, 0.05) is 12.6 Å². The first kappa shape index (κ1) is 20.9. The molecule has 1 unspecified atom stereocenters. The van der Waals surface area contributed by atoms with Crippen LogP contribution >= 0.6 is 0 Å². The minimum atomic E-state index is -0.741. The van der Waals surface area contributed by atoms with Crippen molar-refractivity contribution in [1.82, 2.24) is 19.6 Å². The van der Waals surface area contributed by atoms with Crippen LogP contribution in [0.25, 0.3) is 0 Å². The number of nitrogens with zero attached hydrogens (tertiary/aromatic N) is 6. The summed E-state index contributed by atoms with van der Waals surface area (Å²) in [5.41, 5.74) is 2.89. The molecule has 156 valence electrons. The molecule has 1 aromatic heterocycles. The molecule has 9 heteroatoms. The fraction of sp³-hybridized carbons (Fsp3) is 0.600. The first-order valence-electron chi connectivity index (χ1n) is 9.88. The van der Waals surface area contributed by atoms with Crippen molar-refractivity contribution < 1.29 is 19.0 Å². The lowest BCUT2D eigenvalue weighted by molar-refractivity contribution is -0.538. The van der Waals surface area contributed by atoms with Crippen LogP contribution in [0.2, 0.25) is 0 Å².